The van der Waals surface area contributed by atoms with E-state index in [4.69, 9.17) is 4.74 Å². The minimum Gasteiger partial charge on any atom is -0.468 e. The molecule has 0 rings (SSSR count). The molecule has 3 nitrogen and oxygen atoms in total. The number of thioether (sulfide) groups is 1. The number of nitrogens with one attached hydrogen (secondary N) is 1. The summed E-state index contributed by atoms with van der Waals surface area (Å²) in [6.45, 7) is 11.3. The molecule has 0 saturated heterocycles. The van der Waals surface area contributed by atoms with E-state index in [9.17, 15) is 4.79 Å². The van der Waals surface area contributed by atoms with Crippen molar-refractivity contribution >= 4 is 17.7 Å². The van der Waals surface area contributed by atoms with Crippen LogP contribution in [-0.4, -0.2) is 36.2 Å². The van der Waals surface area contributed by atoms with Crippen LogP contribution < -0.4 is 5.32 Å². The first kappa shape index (κ1) is 15.8. The maximum absolute atomic E-state index is 11.7. The first-order valence-electron chi connectivity index (χ1n) is 5.82. The number of hydrogen-bond donors (Lipinski definition) is 1. The summed E-state index contributed by atoms with van der Waals surface area (Å²) >= 11 is 1.81. The minimum absolute atomic E-state index is 0.183. The van der Waals surface area contributed by atoms with Gasteiger partial charge in [-0.05, 0) is 19.4 Å². The Kier molecular flexibility index (Phi) is 7.07. The molecule has 0 aromatic carbocycles. The normalized spacial score (nSPS) is 16.9. The number of rotatable bonds is 7. The van der Waals surface area contributed by atoms with Crippen LogP contribution >= 0.6 is 11.8 Å². The van der Waals surface area contributed by atoms with Crippen LogP contribution in [0.4, 0.5) is 0 Å². The number of methoxy groups -OCH3 is 1. The maximum Gasteiger partial charge on any atom is 0.326 e. The van der Waals surface area contributed by atoms with E-state index < -0.39 is 5.54 Å². The van der Waals surface area contributed by atoms with Gasteiger partial charge in [-0.25, -0.2) is 0 Å². The van der Waals surface area contributed by atoms with Gasteiger partial charge >= 0.3 is 5.97 Å². The zero-order valence-corrected chi connectivity index (χ0v) is 12.1. The first-order chi connectivity index (χ1) is 7.37. The number of esters is 1. The molecule has 4 heteroatoms. The molecule has 0 bridgehead atoms. The van der Waals surface area contributed by atoms with Gasteiger partial charge in [-0.2, -0.15) is 11.8 Å². The van der Waals surface area contributed by atoms with Crippen LogP contribution in [0.3, 0.4) is 0 Å². The van der Waals surface area contributed by atoms with Crippen molar-refractivity contribution in [2.75, 3.05) is 19.4 Å². The SMILES string of the molecule is CCNC(C)(CSC(C)C(C)C)C(=O)OC. The Morgan fingerprint density at radius 1 is 1.44 bits per heavy atom. The summed E-state index contributed by atoms with van der Waals surface area (Å²) in [6.07, 6.45) is 0. The van der Waals surface area contributed by atoms with Crippen molar-refractivity contribution in [3.05, 3.63) is 0 Å². The lowest BCUT2D eigenvalue weighted by Crippen LogP contribution is -2.52. The summed E-state index contributed by atoms with van der Waals surface area (Å²) in [5.74, 6) is 1.18. The van der Waals surface area contributed by atoms with Crippen LogP contribution in [0.15, 0.2) is 0 Å². The monoisotopic (exact) mass is 247 g/mol. The van der Waals surface area contributed by atoms with E-state index in [1.54, 1.807) is 0 Å². The van der Waals surface area contributed by atoms with Gasteiger partial charge in [0, 0.05) is 11.0 Å². The zero-order chi connectivity index (χ0) is 12.8. The summed E-state index contributed by atoms with van der Waals surface area (Å²) in [6, 6.07) is 0. The van der Waals surface area contributed by atoms with Gasteiger partial charge < -0.3 is 10.1 Å². The topological polar surface area (TPSA) is 38.3 Å². The third kappa shape index (κ3) is 4.74. The van der Waals surface area contributed by atoms with Gasteiger partial charge in [-0.15, -0.1) is 0 Å². The Hall–Kier alpha value is -0.220. The smallest absolute Gasteiger partial charge is 0.326 e. The lowest BCUT2D eigenvalue weighted by atomic mass is 10.1. The molecule has 0 aliphatic rings. The van der Waals surface area contributed by atoms with Crippen molar-refractivity contribution in [3.63, 3.8) is 0 Å². The van der Waals surface area contributed by atoms with E-state index in [-0.39, 0.29) is 5.97 Å². The fourth-order valence-electron chi connectivity index (χ4n) is 1.29. The van der Waals surface area contributed by atoms with Gasteiger partial charge in [0.1, 0.15) is 5.54 Å². The molecule has 16 heavy (non-hydrogen) atoms. The van der Waals surface area contributed by atoms with Crippen LogP contribution in [0, 0.1) is 5.92 Å². The van der Waals surface area contributed by atoms with Crippen molar-refractivity contribution in [3.8, 4) is 0 Å². The highest BCUT2D eigenvalue weighted by Crippen LogP contribution is 2.23. The summed E-state index contributed by atoms with van der Waals surface area (Å²) in [5.41, 5.74) is -0.572. The third-order valence-corrected chi connectivity index (χ3v) is 4.59. The van der Waals surface area contributed by atoms with E-state index in [2.05, 4.69) is 26.1 Å². The standard InChI is InChI=1S/C12H25NO2S/c1-7-13-12(5,11(14)15-6)8-16-10(4)9(2)3/h9-10,13H,7-8H2,1-6H3. The predicted molar refractivity (Wildman–Crippen MR) is 70.9 cm³/mol. The van der Waals surface area contributed by atoms with Gasteiger partial charge in [0.05, 0.1) is 7.11 Å². The number of carbonyl (C=O) groups excluding carboxylic acids is 1. The fraction of sp³-hybridized carbons (Fsp3) is 0.917. The fourth-order valence-corrected chi connectivity index (χ4v) is 2.49. The Balaban J connectivity index is 4.38. The predicted octanol–water partition coefficient (Wildman–Crippen LogP) is 2.31. The van der Waals surface area contributed by atoms with E-state index in [0.29, 0.717) is 11.2 Å². The first-order valence-corrected chi connectivity index (χ1v) is 6.87. The van der Waals surface area contributed by atoms with Crippen LogP contribution in [0.25, 0.3) is 0 Å². The molecular weight excluding hydrogens is 222 g/mol. The van der Waals surface area contributed by atoms with Crippen molar-refractivity contribution in [1.82, 2.24) is 5.32 Å². The average Bonchev–Trinajstić information content (AvgIpc) is 2.24. The van der Waals surface area contributed by atoms with Crippen LogP contribution in [-0.2, 0) is 9.53 Å². The molecule has 0 aliphatic carbocycles. The van der Waals surface area contributed by atoms with Crippen LogP contribution in [0.1, 0.15) is 34.6 Å². The Morgan fingerprint density at radius 2 is 2.00 bits per heavy atom. The maximum atomic E-state index is 11.7. The molecule has 1 N–H and O–H groups in total. The Bertz CT molecular complexity index is 221. The summed E-state index contributed by atoms with van der Waals surface area (Å²) in [7, 11) is 1.44. The molecule has 0 amide bonds. The van der Waals surface area contributed by atoms with E-state index in [0.717, 1.165) is 12.3 Å². The van der Waals surface area contributed by atoms with Gasteiger partial charge in [0.2, 0.25) is 0 Å². The molecule has 0 aromatic rings. The molecule has 0 heterocycles. The van der Waals surface area contributed by atoms with Crippen LogP contribution in [0.2, 0.25) is 0 Å². The van der Waals surface area contributed by atoms with Gasteiger partial charge in [0.15, 0.2) is 0 Å². The number of carbonyl (C=O) groups is 1. The van der Waals surface area contributed by atoms with Crippen molar-refractivity contribution < 1.29 is 9.53 Å². The largest absolute Gasteiger partial charge is 0.468 e. The quantitative estimate of drug-likeness (QED) is 0.701. The molecule has 0 saturated carbocycles. The lowest BCUT2D eigenvalue weighted by Gasteiger charge is -2.29. The summed E-state index contributed by atoms with van der Waals surface area (Å²) in [4.78, 5) is 11.7. The van der Waals surface area contributed by atoms with E-state index >= 15 is 0 Å². The second-order valence-corrected chi connectivity index (χ2v) is 5.98. The molecule has 0 fully saturated rings. The highest BCUT2D eigenvalue weighted by molar-refractivity contribution is 8.00. The molecule has 2 unspecified atom stereocenters. The van der Waals surface area contributed by atoms with E-state index in [1.165, 1.54) is 7.11 Å². The second-order valence-electron chi connectivity index (χ2n) is 4.61. The minimum atomic E-state index is -0.572. The van der Waals surface area contributed by atoms with Crippen molar-refractivity contribution in [2.45, 2.75) is 45.4 Å². The van der Waals surface area contributed by atoms with Crippen molar-refractivity contribution in [2.24, 2.45) is 5.92 Å². The van der Waals surface area contributed by atoms with Gasteiger partial charge in [-0.3, -0.25) is 4.79 Å². The molecule has 0 radical (unpaired) electrons. The van der Waals surface area contributed by atoms with Gasteiger partial charge in [-0.1, -0.05) is 27.7 Å². The highest BCUT2D eigenvalue weighted by atomic mass is 32.2. The molecular formula is C12H25NO2S. The second kappa shape index (κ2) is 7.17. The third-order valence-electron chi connectivity index (χ3n) is 2.78. The van der Waals surface area contributed by atoms with Crippen molar-refractivity contribution in [1.29, 1.82) is 0 Å². The summed E-state index contributed by atoms with van der Waals surface area (Å²) in [5, 5.41) is 3.75. The molecule has 2 atom stereocenters. The zero-order valence-electron chi connectivity index (χ0n) is 11.3. The molecule has 0 aromatic heterocycles. The average molecular weight is 247 g/mol. The number of ether oxygens (including phenoxy) is 1. The number of likely N-dealkylation sites (N-methyl/N-ethyl adjacent to an activating group) is 1. The van der Waals surface area contributed by atoms with Crippen LogP contribution in [0.5, 0.6) is 0 Å². The Labute approximate surface area is 104 Å². The van der Waals surface area contributed by atoms with E-state index in [1.807, 2.05) is 25.6 Å². The summed E-state index contributed by atoms with van der Waals surface area (Å²) < 4.78 is 4.85. The number of hydrogen-bond acceptors (Lipinski definition) is 4. The lowest BCUT2D eigenvalue weighted by molar-refractivity contribution is -0.146. The molecule has 0 aliphatic heterocycles. The van der Waals surface area contributed by atoms with Gasteiger partial charge in [0.25, 0.3) is 0 Å². The molecule has 0 spiro atoms. The highest BCUT2D eigenvalue weighted by Gasteiger charge is 2.34. The Morgan fingerprint density at radius 3 is 2.38 bits per heavy atom. The molecule has 96 valence electrons.